The molecular formula is C19H21ClN4O2. The summed E-state index contributed by atoms with van der Waals surface area (Å²) in [5.74, 6) is 1.75. The van der Waals surface area contributed by atoms with E-state index in [1.54, 1.807) is 6.26 Å². The Kier molecular flexibility index (Phi) is 4.95. The van der Waals surface area contributed by atoms with Gasteiger partial charge in [0.1, 0.15) is 11.6 Å². The van der Waals surface area contributed by atoms with Crippen molar-refractivity contribution in [2.75, 3.05) is 13.1 Å². The van der Waals surface area contributed by atoms with Crippen molar-refractivity contribution in [1.82, 2.24) is 20.2 Å². The Balaban J connectivity index is 1.33. The summed E-state index contributed by atoms with van der Waals surface area (Å²) in [6.07, 6.45) is 3.61. The van der Waals surface area contributed by atoms with Gasteiger partial charge in [-0.1, -0.05) is 11.6 Å². The Morgan fingerprint density at radius 3 is 3.19 bits per heavy atom. The molecule has 3 heterocycles. The number of piperidine rings is 1. The highest BCUT2D eigenvalue weighted by Gasteiger charge is 2.26. The van der Waals surface area contributed by atoms with Gasteiger partial charge in [0, 0.05) is 11.6 Å². The quantitative estimate of drug-likeness (QED) is 0.720. The van der Waals surface area contributed by atoms with Crippen LogP contribution in [0.3, 0.4) is 0 Å². The Morgan fingerprint density at radius 1 is 1.42 bits per heavy atom. The summed E-state index contributed by atoms with van der Waals surface area (Å²) in [5.41, 5.74) is 1.73. The number of halogens is 1. The molecule has 1 aliphatic heterocycles. The van der Waals surface area contributed by atoms with Crippen molar-refractivity contribution in [1.29, 1.82) is 0 Å². The SMILES string of the molecule is O=C(NCc1nc2ccc(Cl)cc2[nH]1)[C@@H]1CCCN(Cc2ccco2)C1. The number of imidazole rings is 1. The number of H-pyrrole nitrogens is 1. The number of nitrogens with zero attached hydrogens (tertiary/aromatic N) is 2. The first-order chi connectivity index (χ1) is 12.7. The van der Waals surface area contributed by atoms with E-state index in [9.17, 15) is 4.79 Å². The molecule has 0 aliphatic carbocycles. The Morgan fingerprint density at radius 2 is 2.35 bits per heavy atom. The summed E-state index contributed by atoms with van der Waals surface area (Å²) in [4.78, 5) is 22.5. The van der Waals surface area contributed by atoms with E-state index in [1.165, 1.54) is 0 Å². The van der Waals surface area contributed by atoms with E-state index in [0.29, 0.717) is 11.6 Å². The molecule has 6 nitrogen and oxygen atoms in total. The number of hydrogen-bond acceptors (Lipinski definition) is 4. The molecule has 7 heteroatoms. The van der Waals surface area contributed by atoms with Crippen molar-refractivity contribution in [2.24, 2.45) is 5.92 Å². The predicted octanol–water partition coefficient (Wildman–Crippen LogP) is 3.34. The molecule has 1 amide bonds. The third-order valence-corrected chi connectivity index (χ3v) is 4.99. The van der Waals surface area contributed by atoms with Gasteiger partial charge in [0.05, 0.1) is 36.3 Å². The minimum Gasteiger partial charge on any atom is -0.468 e. The molecule has 136 valence electrons. The van der Waals surface area contributed by atoms with Gasteiger partial charge in [0.15, 0.2) is 0 Å². The summed E-state index contributed by atoms with van der Waals surface area (Å²) < 4.78 is 5.41. The number of aromatic nitrogens is 2. The number of fused-ring (bicyclic) bond motifs is 1. The van der Waals surface area contributed by atoms with Crippen molar-refractivity contribution < 1.29 is 9.21 Å². The molecule has 26 heavy (non-hydrogen) atoms. The summed E-state index contributed by atoms with van der Waals surface area (Å²) in [6, 6.07) is 9.38. The summed E-state index contributed by atoms with van der Waals surface area (Å²) >= 11 is 5.99. The maximum absolute atomic E-state index is 12.6. The molecular weight excluding hydrogens is 352 g/mol. The smallest absolute Gasteiger partial charge is 0.224 e. The zero-order chi connectivity index (χ0) is 17.9. The number of rotatable bonds is 5. The minimum absolute atomic E-state index is 0.00228. The highest BCUT2D eigenvalue weighted by molar-refractivity contribution is 6.31. The van der Waals surface area contributed by atoms with Crippen molar-refractivity contribution >= 4 is 28.5 Å². The molecule has 1 aromatic carbocycles. The first kappa shape index (κ1) is 17.1. The molecule has 0 unspecified atom stereocenters. The largest absolute Gasteiger partial charge is 0.468 e. The van der Waals surface area contributed by atoms with Gasteiger partial charge in [0.2, 0.25) is 5.91 Å². The van der Waals surface area contributed by atoms with Crippen LogP contribution in [0.1, 0.15) is 24.4 Å². The first-order valence-electron chi connectivity index (χ1n) is 8.84. The number of benzene rings is 1. The van der Waals surface area contributed by atoms with Crippen LogP contribution < -0.4 is 5.32 Å². The zero-order valence-electron chi connectivity index (χ0n) is 14.4. The van der Waals surface area contributed by atoms with Gasteiger partial charge in [-0.3, -0.25) is 9.69 Å². The maximum atomic E-state index is 12.6. The summed E-state index contributed by atoms with van der Waals surface area (Å²) in [6.45, 7) is 2.89. The van der Waals surface area contributed by atoms with Gasteiger partial charge in [-0.05, 0) is 49.7 Å². The van der Waals surface area contributed by atoms with Crippen LogP contribution in [0.5, 0.6) is 0 Å². The Labute approximate surface area is 156 Å². The molecule has 0 spiro atoms. The van der Waals surface area contributed by atoms with E-state index in [0.717, 1.165) is 55.1 Å². The standard InChI is InChI=1S/C19H21ClN4O2/c20-14-5-6-16-17(9-14)23-18(22-16)10-21-19(25)13-3-1-7-24(11-13)12-15-4-2-8-26-15/h2,4-6,8-9,13H,1,3,7,10-12H2,(H,21,25)(H,22,23)/t13-/m1/s1. The van der Waals surface area contributed by atoms with E-state index in [-0.39, 0.29) is 11.8 Å². The molecule has 0 bridgehead atoms. The fourth-order valence-corrected chi connectivity index (χ4v) is 3.64. The number of furan rings is 1. The van der Waals surface area contributed by atoms with Crippen LogP contribution in [0.15, 0.2) is 41.0 Å². The second kappa shape index (κ2) is 7.51. The summed E-state index contributed by atoms with van der Waals surface area (Å²) in [7, 11) is 0. The van der Waals surface area contributed by atoms with Crippen LogP contribution in [-0.4, -0.2) is 33.9 Å². The lowest BCUT2D eigenvalue weighted by atomic mass is 9.97. The average molecular weight is 373 g/mol. The van der Waals surface area contributed by atoms with Gasteiger partial charge in [-0.15, -0.1) is 0 Å². The number of aromatic amines is 1. The van der Waals surface area contributed by atoms with E-state index >= 15 is 0 Å². The van der Waals surface area contributed by atoms with Crippen LogP contribution in [0.4, 0.5) is 0 Å². The van der Waals surface area contributed by atoms with Gasteiger partial charge in [-0.25, -0.2) is 4.98 Å². The molecule has 1 saturated heterocycles. The number of carbonyl (C=O) groups excluding carboxylic acids is 1. The van der Waals surface area contributed by atoms with E-state index < -0.39 is 0 Å². The average Bonchev–Trinajstić information content (AvgIpc) is 3.28. The van der Waals surface area contributed by atoms with Gasteiger partial charge in [0.25, 0.3) is 0 Å². The molecule has 2 N–H and O–H groups in total. The maximum Gasteiger partial charge on any atom is 0.224 e. The lowest BCUT2D eigenvalue weighted by Crippen LogP contribution is -2.42. The lowest BCUT2D eigenvalue weighted by molar-refractivity contribution is -0.127. The van der Waals surface area contributed by atoms with Crippen LogP contribution in [-0.2, 0) is 17.9 Å². The molecule has 0 saturated carbocycles. The first-order valence-corrected chi connectivity index (χ1v) is 9.22. The molecule has 3 aromatic rings. The van der Waals surface area contributed by atoms with Crippen molar-refractivity contribution in [3.05, 3.63) is 53.2 Å². The molecule has 1 fully saturated rings. The fourth-order valence-electron chi connectivity index (χ4n) is 3.47. The van der Waals surface area contributed by atoms with Crippen LogP contribution in [0, 0.1) is 5.92 Å². The third kappa shape index (κ3) is 3.92. The van der Waals surface area contributed by atoms with Gasteiger partial charge in [-0.2, -0.15) is 0 Å². The molecule has 1 atom stereocenters. The molecule has 4 rings (SSSR count). The van der Waals surface area contributed by atoms with Gasteiger partial charge >= 0.3 is 0 Å². The van der Waals surface area contributed by atoms with Crippen LogP contribution >= 0.6 is 11.6 Å². The molecule has 0 radical (unpaired) electrons. The molecule has 1 aliphatic rings. The second-order valence-corrected chi connectivity index (χ2v) is 7.15. The minimum atomic E-state index is -0.00228. The van der Waals surface area contributed by atoms with Gasteiger partial charge < -0.3 is 14.7 Å². The summed E-state index contributed by atoms with van der Waals surface area (Å²) in [5, 5.41) is 3.67. The predicted molar refractivity (Wildman–Crippen MR) is 99.7 cm³/mol. The number of nitrogens with one attached hydrogen (secondary N) is 2. The normalized spacial score (nSPS) is 18.3. The highest BCUT2D eigenvalue weighted by Crippen LogP contribution is 2.20. The Bertz CT molecular complexity index is 890. The van der Waals surface area contributed by atoms with Crippen LogP contribution in [0.25, 0.3) is 11.0 Å². The highest BCUT2D eigenvalue weighted by atomic mass is 35.5. The lowest BCUT2D eigenvalue weighted by Gasteiger charge is -2.31. The number of likely N-dealkylation sites (tertiary alicyclic amines) is 1. The zero-order valence-corrected chi connectivity index (χ0v) is 15.1. The number of hydrogen-bond donors (Lipinski definition) is 2. The fraction of sp³-hybridized carbons (Fsp3) is 0.368. The molecule has 2 aromatic heterocycles. The topological polar surface area (TPSA) is 74.2 Å². The van der Waals surface area contributed by atoms with Crippen LogP contribution in [0.2, 0.25) is 5.02 Å². The second-order valence-electron chi connectivity index (χ2n) is 6.72. The van der Waals surface area contributed by atoms with E-state index in [2.05, 4.69) is 20.2 Å². The number of carbonyl (C=O) groups is 1. The number of amides is 1. The Hall–Kier alpha value is -2.31. The third-order valence-electron chi connectivity index (χ3n) is 4.76. The van der Waals surface area contributed by atoms with E-state index in [1.807, 2.05) is 30.3 Å². The monoisotopic (exact) mass is 372 g/mol. The van der Waals surface area contributed by atoms with Crippen molar-refractivity contribution in [3.63, 3.8) is 0 Å². The van der Waals surface area contributed by atoms with Crippen molar-refractivity contribution in [2.45, 2.75) is 25.9 Å². The van der Waals surface area contributed by atoms with Crippen molar-refractivity contribution in [3.8, 4) is 0 Å². The van der Waals surface area contributed by atoms with E-state index in [4.69, 9.17) is 16.0 Å².